The molecule has 2 aromatic rings. The molecule has 2 amide bonds. The van der Waals surface area contributed by atoms with Gasteiger partial charge in [-0.25, -0.2) is 4.79 Å². The average molecular weight is 322 g/mol. The number of benzene rings is 2. The van der Waals surface area contributed by atoms with Gasteiger partial charge in [0.25, 0.3) is 0 Å². The standard InChI is InChI=1S/C21H26N2O/c1-15(2)20(16(3)4)18-13-9-10-14-19(18)23(5)21(24)22-17-11-7-6-8-12-17/h6-15H,1-5H3,(H,22,24). The Bertz CT molecular complexity index is 729. The summed E-state index contributed by atoms with van der Waals surface area (Å²) in [7, 11) is 1.81. The van der Waals surface area contributed by atoms with Crippen molar-refractivity contribution >= 4 is 23.0 Å². The van der Waals surface area contributed by atoms with Gasteiger partial charge < -0.3 is 5.32 Å². The van der Waals surface area contributed by atoms with Gasteiger partial charge in [-0.3, -0.25) is 4.90 Å². The van der Waals surface area contributed by atoms with Crippen LogP contribution in [0.3, 0.4) is 0 Å². The van der Waals surface area contributed by atoms with E-state index in [9.17, 15) is 4.79 Å². The highest BCUT2D eigenvalue weighted by atomic mass is 16.2. The summed E-state index contributed by atoms with van der Waals surface area (Å²) in [6, 6.07) is 17.4. The number of nitrogens with zero attached hydrogens (tertiary/aromatic N) is 1. The lowest BCUT2D eigenvalue weighted by Gasteiger charge is -2.24. The molecule has 0 spiro atoms. The third-order valence-electron chi connectivity index (χ3n) is 4.00. The van der Waals surface area contributed by atoms with E-state index in [2.05, 4.69) is 39.1 Å². The maximum atomic E-state index is 12.6. The summed E-state index contributed by atoms with van der Waals surface area (Å²) in [5.41, 5.74) is 5.37. The molecule has 0 bridgehead atoms. The highest BCUT2D eigenvalue weighted by Crippen LogP contribution is 2.33. The van der Waals surface area contributed by atoms with Crippen molar-refractivity contribution < 1.29 is 4.79 Å². The second-order valence-corrected chi connectivity index (χ2v) is 6.44. The fourth-order valence-corrected chi connectivity index (χ4v) is 2.99. The van der Waals surface area contributed by atoms with Crippen molar-refractivity contribution in [2.24, 2.45) is 5.92 Å². The zero-order valence-corrected chi connectivity index (χ0v) is 15.1. The van der Waals surface area contributed by atoms with Gasteiger partial charge in [0.15, 0.2) is 0 Å². The predicted octanol–water partition coefficient (Wildman–Crippen LogP) is 5.80. The molecule has 3 nitrogen and oxygen atoms in total. The molecule has 2 aromatic carbocycles. The average Bonchev–Trinajstić information content (AvgIpc) is 2.55. The molecule has 0 aliphatic rings. The molecular weight excluding hydrogens is 296 g/mol. The third-order valence-corrected chi connectivity index (χ3v) is 4.00. The highest BCUT2D eigenvalue weighted by Gasteiger charge is 2.18. The van der Waals surface area contributed by atoms with Gasteiger partial charge >= 0.3 is 6.03 Å². The van der Waals surface area contributed by atoms with Crippen LogP contribution in [0.4, 0.5) is 16.2 Å². The number of amides is 2. The van der Waals surface area contributed by atoms with E-state index in [1.807, 2.05) is 48.5 Å². The minimum Gasteiger partial charge on any atom is -0.308 e. The Morgan fingerprint density at radius 1 is 0.958 bits per heavy atom. The van der Waals surface area contributed by atoms with Crippen LogP contribution in [0.25, 0.3) is 5.57 Å². The predicted molar refractivity (Wildman–Crippen MR) is 103 cm³/mol. The summed E-state index contributed by atoms with van der Waals surface area (Å²) in [5.74, 6) is 0.390. The fraction of sp³-hybridized carbons (Fsp3) is 0.286. The highest BCUT2D eigenvalue weighted by molar-refractivity contribution is 6.03. The number of allylic oxidation sites excluding steroid dienone is 2. The maximum absolute atomic E-state index is 12.6. The second kappa shape index (κ2) is 7.82. The fourth-order valence-electron chi connectivity index (χ4n) is 2.99. The van der Waals surface area contributed by atoms with Crippen molar-refractivity contribution in [1.82, 2.24) is 0 Å². The van der Waals surface area contributed by atoms with Gasteiger partial charge in [0.05, 0.1) is 5.69 Å². The summed E-state index contributed by atoms with van der Waals surface area (Å²) in [5, 5.41) is 2.94. The van der Waals surface area contributed by atoms with Gasteiger partial charge in [-0.05, 0) is 43.5 Å². The minimum atomic E-state index is -0.148. The van der Waals surface area contributed by atoms with E-state index in [0.717, 1.165) is 16.9 Å². The first-order chi connectivity index (χ1) is 11.4. The van der Waals surface area contributed by atoms with Crippen molar-refractivity contribution in [2.75, 3.05) is 17.3 Å². The molecule has 0 radical (unpaired) electrons. The zero-order chi connectivity index (χ0) is 17.7. The lowest BCUT2D eigenvalue weighted by molar-refractivity contribution is 0.258. The number of hydrogen-bond acceptors (Lipinski definition) is 1. The Labute approximate surface area is 145 Å². The molecule has 0 heterocycles. The molecule has 0 atom stereocenters. The second-order valence-electron chi connectivity index (χ2n) is 6.44. The first kappa shape index (κ1) is 17.8. The molecule has 0 unspecified atom stereocenters. The molecule has 0 fully saturated rings. The van der Waals surface area contributed by atoms with Crippen LogP contribution in [-0.2, 0) is 0 Å². The van der Waals surface area contributed by atoms with Gasteiger partial charge in [0.2, 0.25) is 0 Å². The Hall–Kier alpha value is -2.55. The molecule has 1 N–H and O–H groups in total. The van der Waals surface area contributed by atoms with Crippen LogP contribution in [0.5, 0.6) is 0 Å². The van der Waals surface area contributed by atoms with Crippen LogP contribution in [0.15, 0.2) is 60.2 Å². The number of rotatable bonds is 4. The first-order valence-corrected chi connectivity index (χ1v) is 8.28. The van der Waals surface area contributed by atoms with Gasteiger partial charge in [-0.15, -0.1) is 0 Å². The smallest absolute Gasteiger partial charge is 0.308 e. The summed E-state index contributed by atoms with van der Waals surface area (Å²) < 4.78 is 0. The van der Waals surface area contributed by atoms with Gasteiger partial charge in [0.1, 0.15) is 0 Å². The molecule has 24 heavy (non-hydrogen) atoms. The molecule has 2 rings (SSSR count). The van der Waals surface area contributed by atoms with Gasteiger partial charge in [-0.1, -0.05) is 55.8 Å². The van der Waals surface area contributed by atoms with Crippen LogP contribution < -0.4 is 10.2 Å². The monoisotopic (exact) mass is 322 g/mol. The summed E-state index contributed by atoms with van der Waals surface area (Å²) in [6.07, 6.45) is 0. The molecular formula is C21H26N2O. The number of nitrogens with one attached hydrogen (secondary N) is 1. The van der Waals surface area contributed by atoms with Crippen molar-refractivity contribution in [3.63, 3.8) is 0 Å². The van der Waals surface area contributed by atoms with Crippen molar-refractivity contribution in [3.05, 3.63) is 65.7 Å². The Balaban J connectivity index is 2.35. The third kappa shape index (κ3) is 4.05. The van der Waals surface area contributed by atoms with Gasteiger partial charge in [-0.2, -0.15) is 0 Å². The van der Waals surface area contributed by atoms with Crippen molar-refractivity contribution in [1.29, 1.82) is 0 Å². The Kier molecular flexibility index (Phi) is 5.80. The lowest BCUT2D eigenvalue weighted by atomic mass is 9.90. The minimum absolute atomic E-state index is 0.148. The van der Waals surface area contributed by atoms with Crippen LogP contribution in [-0.4, -0.2) is 13.1 Å². The first-order valence-electron chi connectivity index (χ1n) is 8.28. The number of para-hydroxylation sites is 2. The molecule has 0 aliphatic carbocycles. The van der Waals surface area contributed by atoms with Crippen LogP contribution in [0.1, 0.15) is 33.3 Å². The van der Waals surface area contributed by atoms with Gasteiger partial charge in [0, 0.05) is 18.3 Å². The molecule has 0 saturated carbocycles. The molecule has 0 aliphatic heterocycles. The maximum Gasteiger partial charge on any atom is 0.326 e. The molecule has 126 valence electrons. The van der Waals surface area contributed by atoms with Crippen LogP contribution in [0.2, 0.25) is 0 Å². The zero-order valence-electron chi connectivity index (χ0n) is 15.1. The van der Waals surface area contributed by atoms with E-state index in [1.54, 1.807) is 11.9 Å². The SMILES string of the molecule is CC(C)=C(c1ccccc1N(C)C(=O)Nc1ccccc1)C(C)C. The molecule has 3 heteroatoms. The van der Waals surface area contributed by atoms with E-state index in [-0.39, 0.29) is 6.03 Å². The summed E-state index contributed by atoms with van der Waals surface area (Å²) in [4.78, 5) is 14.3. The van der Waals surface area contributed by atoms with E-state index in [4.69, 9.17) is 0 Å². The largest absolute Gasteiger partial charge is 0.326 e. The quantitative estimate of drug-likeness (QED) is 0.757. The van der Waals surface area contributed by atoms with E-state index in [0.29, 0.717) is 5.92 Å². The summed E-state index contributed by atoms with van der Waals surface area (Å²) in [6.45, 7) is 8.61. The van der Waals surface area contributed by atoms with Crippen LogP contribution in [0, 0.1) is 5.92 Å². The van der Waals surface area contributed by atoms with E-state index in [1.165, 1.54) is 11.1 Å². The Morgan fingerprint density at radius 2 is 1.54 bits per heavy atom. The number of urea groups is 1. The van der Waals surface area contributed by atoms with Crippen molar-refractivity contribution in [2.45, 2.75) is 27.7 Å². The molecule has 0 saturated heterocycles. The van der Waals surface area contributed by atoms with E-state index < -0.39 is 0 Å². The van der Waals surface area contributed by atoms with E-state index >= 15 is 0 Å². The van der Waals surface area contributed by atoms with Crippen LogP contribution >= 0.6 is 0 Å². The molecule has 0 aromatic heterocycles. The van der Waals surface area contributed by atoms with Crippen molar-refractivity contribution in [3.8, 4) is 0 Å². The normalized spacial score (nSPS) is 10.4. The topological polar surface area (TPSA) is 32.3 Å². The Morgan fingerprint density at radius 3 is 2.12 bits per heavy atom. The number of anilines is 2. The number of carbonyl (C=O) groups is 1. The number of carbonyl (C=O) groups excluding carboxylic acids is 1. The lowest BCUT2D eigenvalue weighted by Crippen LogP contribution is -2.32. The number of hydrogen-bond donors (Lipinski definition) is 1. The summed E-state index contributed by atoms with van der Waals surface area (Å²) >= 11 is 0.